The average Bonchev–Trinajstić information content (AvgIpc) is 3.76. The molecule has 0 aliphatic rings. The second-order valence-electron chi connectivity index (χ2n) is 12.4. The highest BCUT2D eigenvalue weighted by Crippen LogP contribution is 2.41. The molecule has 0 atom stereocenters. The first kappa shape index (κ1) is 28.2. The van der Waals surface area contributed by atoms with E-state index < -0.39 is 0 Å². The van der Waals surface area contributed by atoms with Crippen LogP contribution >= 0.6 is 0 Å². The van der Waals surface area contributed by atoms with Gasteiger partial charge in [-0.15, -0.1) is 0 Å². The standard InChI is InChI=1S/C45H27N3O2/c1-3-12-28(13-4-1)43-46-44(29-14-5-2-6-15-29)48-45(47-43)36-24-22-30(32-18-11-19-35-33-16-7-10-21-40(33)50-42(32)35)26-37(36)31-23-25-41-38(27-31)34-17-8-9-20-39(34)49-41/h1-27H. The molecule has 0 aliphatic heterocycles. The molecule has 0 spiro atoms. The molecule has 5 heteroatoms. The van der Waals surface area contributed by atoms with Crippen LogP contribution in [0.1, 0.15) is 0 Å². The normalized spacial score (nSPS) is 11.6. The van der Waals surface area contributed by atoms with E-state index in [-0.39, 0.29) is 0 Å². The maximum absolute atomic E-state index is 6.48. The Balaban J connectivity index is 1.24. The smallest absolute Gasteiger partial charge is 0.164 e. The van der Waals surface area contributed by atoms with Gasteiger partial charge in [0.1, 0.15) is 22.3 Å². The van der Waals surface area contributed by atoms with Gasteiger partial charge in [-0.1, -0.05) is 127 Å². The van der Waals surface area contributed by atoms with Gasteiger partial charge >= 0.3 is 0 Å². The van der Waals surface area contributed by atoms with Gasteiger partial charge in [0, 0.05) is 43.8 Å². The Bertz CT molecular complexity index is 2810. The molecule has 0 N–H and O–H groups in total. The van der Waals surface area contributed by atoms with Crippen LogP contribution in [0.3, 0.4) is 0 Å². The molecule has 3 heterocycles. The molecular formula is C45H27N3O2. The molecule has 234 valence electrons. The molecule has 50 heavy (non-hydrogen) atoms. The number of hydrogen-bond donors (Lipinski definition) is 0. The van der Waals surface area contributed by atoms with E-state index in [2.05, 4.69) is 72.8 Å². The Morgan fingerprint density at radius 2 is 0.840 bits per heavy atom. The Labute approximate surface area is 287 Å². The minimum atomic E-state index is 0.596. The number of aromatic nitrogens is 3. The summed E-state index contributed by atoms with van der Waals surface area (Å²) in [4.78, 5) is 15.2. The van der Waals surface area contributed by atoms with E-state index in [0.717, 1.165) is 82.8 Å². The molecule has 0 aliphatic carbocycles. The molecule has 0 fully saturated rings. The van der Waals surface area contributed by atoms with Gasteiger partial charge in [0.2, 0.25) is 0 Å². The summed E-state index contributed by atoms with van der Waals surface area (Å²) >= 11 is 0. The van der Waals surface area contributed by atoms with Crippen LogP contribution in [0.2, 0.25) is 0 Å². The van der Waals surface area contributed by atoms with Crippen molar-refractivity contribution in [3.05, 3.63) is 164 Å². The van der Waals surface area contributed by atoms with Crippen molar-refractivity contribution in [1.29, 1.82) is 0 Å². The second-order valence-corrected chi connectivity index (χ2v) is 12.4. The summed E-state index contributed by atoms with van der Waals surface area (Å²) in [5.41, 5.74) is 10.3. The van der Waals surface area contributed by atoms with Crippen LogP contribution < -0.4 is 0 Å². The van der Waals surface area contributed by atoms with Gasteiger partial charge < -0.3 is 8.83 Å². The van der Waals surface area contributed by atoms with Crippen LogP contribution in [0, 0.1) is 0 Å². The molecule has 0 saturated carbocycles. The van der Waals surface area contributed by atoms with E-state index in [1.807, 2.05) is 91.0 Å². The number of rotatable bonds is 5. The zero-order chi connectivity index (χ0) is 33.0. The summed E-state index contributed by atoms with van der Waals surface area (Å²) in [6.07, 6.45) is 0. The fourth-order valence-corrected chi connectivity index (χ4v) is 6.94. The highest BCUT2D eigenvalue weighted by Gasteiger charge is 2.19. The van der Waals surface area contributed by atoms with Crippen LogP contribution in [-0.2, 0) is 0 Å². The highest BCUT2D eigenvalue weighted by molar-refractivity contribution is 6.10. The second kappa shape index (κ2) is 11.4. The van der Waals surface area contributed by atoms with E-state index in [4.69, 9.17) is 23.8 Å². The first-order valence-corrected chi connectivity index (χ1v) is 16.6. The Hall–Kier alpha value is -6.85. The van der Waals surface area contributed by atoms with Crippen LogP contribution in [0.4, 0.5) is 0 Å². The van der Waals surface area contributed by atoms with Crippen molar-refractivity contribution in [2.24, 2.45) is 0 Å². The Kier molecular flexibility index (Phi) is 6.42. The fraction of sp³-hybridized carbons (Fsp3) is 0. The van der Waals surface area contributed by atoms with Gasteiger partial charge in [-0.05, 0) is 53.1 Å². The third-order valence-corrected chi connectivity index (χ3v) is 9.36. The zero-order valence-electron chi connectivity index (χ0n) is 26.7. The van der Waals surface area contributed by atoms with Gasteiger partial charge in [0.15, 0.2) is 17.5 Å². The Morgan fingerprint density at radius 1 is 0.300 bits per heavy atom. The third kappa shape index (κ3) is 4.67. The molecular weight excluding hydrogens is 615 g/mol. The van der Waals surface area contributed by atoms with E-state index in [0.29, 0.717) is 17.5 Å². The predicted molar refractivity (Wildman–Crippen MR) is 202 cm³/mol. The molecule has 10 rings (SSSR count). The summed E-state index contributed by atoms with van der Waals surface area (Å²) in [5, 5.41) is 4.32. The molecule has 0 radical (unpaired) electrons. The van der Waals surface area contributed by atoms with Crippen molar-refractivity contribution in [2.45, 2.75) is 0 Å². The predicted octanol–water partition coefficient (Wildman–Crippen LogP) is 12.0. The number of furan rings is 2. The van der Waals surface area contributed by atoms with E-state index in [1.54, 1.807) is 0 Å². The van der Waals surface area contributed by atoms with Crippen LogP contribution in [-0.4, -0.2) is 15.0 Å². The number of para-hydroxylation sites is 3. The summed E-state index contributed by atoms with van der Waals surface area (Å²) in [7, 11) is 0. The van der Waals surface area contributed by atoms with Crippen LogP contribution in [0.25, 0.3) is 100 Å². The first-order chi connectivity index (χ1) is 24.8. The lowest BCUT2D eigenvalue weighted by Crippen LogP contribution is -2.01. The van der Waals surface area contributed by atoms with Crippen molar-refractivity contribution in [3.63, 3.8) is 0 Å². The van der Waals surface area contributed by atoms with Crippen molar-refractivity contribution in [1.82, 2.24) is 15.0 Å². The topological polar surface area (TPSA) is 65.0 Å². The minimum Gasteiger partial charge on any atom is -0.456 e. The van der Waals surface area contributed by atoms with Gasteiger partial charge in [-0.3, -0.25) is 0 Å². The van der Waals surface area contributed by atoms with Gasteiger partial charge in [0.05, 0.1) is 0 Å². The fourth-order valence-electron chi connectivity index (χ4n) is 6.94. The largest absolute Gasteiger partial charge is 0.456 e. The maximum Gasteiger partial charge on any atom is 0.164 e. The zero-order valence-corrected chi connectivity index (χ0v) is 26.7. The quantitative estimate of drug-likeness (QED) is 0.187. The number of benzene rings is 7. The van der Waals surface area contributed by atoms with Crippen molar-refractivity contribution >= 4 is 43.9 Å². The number of hydrogen-bond acceptors (Lipinski definition) is 5. The Morgan fingerprint density at radius 3 is 1.56 bits per heavy atom. The minimum absolute atomic E-state index is 0.596. The van der Waals surface area contributed by atoms with Gasteiger partial charge in [-0.2, -0.15) is 0 Å². The van der Waals surface area contributed by atoms with Crippen molar-refractivity contribution in [2.75, 3.05) is 0 Å². The van der Waals surface area contributed by atoms with Crippen molar-refractivity contribution < 1.29 is 8.83 Å². The molecule has 7 aromatic carbocycles. The third-order valence-electron chi connectivity index (χ3n) is 9.36. The van der Waals surface area contributed by atoms with E-state index >= 15 is 0 Å². The summed E-state index contributed by atoms with van der Waals surface area (Å²) in [6.45, 7) is 0. The SMILES string of the molecule is c1ccc(-c2nc(-c3ccccc3)nc(-c3ccc(-c4cccc5c4oc4ccccc45)cc3-c3ccc4oc5ccccc5c4c3)n2)cc1. The monoisotopic (exact) mass is 641 g/mol. The lowest BCUT2D eigenvalue weighted by molar-refractivity contribution is 0.669. The molecule has 3 aromatic heterocycles. The summed E-state index contributed by atoms with van der Waals surface area (Å²) < 4.78 is 12.7. The van der Waals surface area contributed by atoms with Crippen LogP contribution in [0.5, 0.6) is 0 Å². The molecule has 0 unspecified atom stereocenters. The van der Waals surface area contributed by atoms with Crippen molar-refractivity contribution in [3.8, 4) is 56.4 Å². The highest BCUT2D eigenvalue weighted by atomic mass is 16.3. The maximum atomic E-state index is 6.48. The lowest BCUT2D eigenvalue weighted by atomic mass is 9.92. The molecule has 0 saturated heterocycles. The lowest BCUT2D eigenvalue weighted by Gasteiger charge is -2.14. The average molecular weight is 642 g/mol. The van der Waals surface area contributed by atoms with Crippen LogP contribution in [0.15, 0.2) is 173 Å². The summed E-state index contributed by atoms with van der Waals surface area (Å²) in [5.74, 6) is 1.83. The number of nitrogens with zero attached hydrogens (tertiary/aromatic N) is 3. The van der Waals surface area contributed by atoms with Gasteiger partial charge in [-0.25, -0.2) is 15.0 Å². The molecule has 5 nitrogen and oxygen atoms in total. The first-order valence-electron chi connectivity index (χ1n) is 16.6. The van der Waals surface area contributed by atoms with Gasteiger partial charge in [0.25, 0.3) is 0 Å². The summed E-state index contributed by atoms with van der Waals surface area (Å²) in [6, 6.07) is 55.7. The van der Waals surface area contributed by atoms with E-state index in [9.17, 15) is 0 Å². The molecule has 0 bridgehead atoms. The molecule has 0 amide bonds. The number of fused-ring (bicyclic) bond motifs is 6. The van der Waals surface area contributed by atoms with E-state index in [1.165, 1.54) is 0 Å². The molecule has 10 aromatic rings.